The van der Waals surface area contributed by atoms with Crippen LogP contribution in [-0.4, -0.2) is 22.7 Å². The van der Waals surface area contributed by atoms with E-state index < -0.39 is 0 Å². The van der Waals surface area contributed by atoms with Crippen molar-refractivity contribution in [3.05, 3.63) is 60.7 Å². The predicted molar refractivity (Wildman–Crippen MR) is 82.9 cm³/mol. The standard InChI is InChI=1S/C12H12Si.C4H10O/c1-3-7-11(8-4-1)13-12-9-5-2-6-10-12;1-3-5-4-2/h1-10H,13H2;3-4H2,1-2H3. The number of ether oxygens (including phenoxy) is 1. The molecule has 18 heavy (non-hydrogen) atoms. The molecule has 0 heterocycles. The minimum atomic E-state index is -0.234. The Bertz CT molecular complexity index is 360. The van der Waals surface area contributed by atoms with E-state index >= 15 is 0 Å². The zero-order valence-corrected chi connectivity index (χ0v) is 12.7. The van der Waals surface area contributed by atoms with E-state index in [0.29, 0.717) is 0 Å². The van der Waals surface area contributed by atoms with Crippen molar-refractivity contribution >= 4 is 19.9 Å². The van der Waals surface area contributed by atoms with Crippen molar-refractivity contribution in [1.29, 1.82) is 0 Å². The molecule has 0 radical (unpaired) electrons. The van der Waals surface area contributed by atoms with Gasteiger partial charge in [-0.05, 0) is 13.8 Å². The van der Waals surface area contributed by atoms with Gasteiger partial charge in [0, 0.05) is 13.2 Å². The fourth-order valence-corrected chi connectivity index (χ4v) is 3.12. The molecule has 0 bridgehead atoms. The third kappa shape index (κ3) is 6.38. The highest BCUT2D eigenvalue weighted by Crippen LogP contribution is 1.84. The van der Waals surface area contributed by atoms with Crippen LogP contribution in [0.5, 0.6) is 0 Å². The maximum atomic E-state index is 4.83. The molecule has 0 saturated heterocycles. The summed E-state index contributed by atoms with van der Waals surface area (Å²) < 4.78 is 4.83. The van der Waals surface area contributed by atoms with E-state index in [2.05, 4.69) is 60.7 Å². The third-order valence-electron chi connectivity index (χ3n) is 2.50. The second-order valence-electron chi connectivity index (χ2n) is 3.93. The lowest BCUT2D eigenvalue weighted by Gasteiger charge is -1.99. The molecule has 0 unspecified atom stereocenters. The Kier molecular flexibility index (Phi) is 7.85. The van der Waals surface area contributed by atoms with Gasteiger partial charge in [-0.25, -0.2) is 0 Å². The Hall–Kier alpha value is -1.38. The summed E-state index contributed by atoms with van der Waals surface area (Å²) in [6, 6.07) is 21.5. The summed E-state index contributed by atoms with van der Waals surface area (Å²) >= 11 is 0. The van der Waals surface area contributed by atoms with Gasteiger partial charge in [-0.1, -0.05) is 71.0 Å². The average molecular weight is 258 g/mol. The average Bonchev–Trinajstić information content (AvgIpc) is 2.43. The molecule has 0 amide bonds. The van der Waals surface area contributed by atoms with Crippen molar-refractivity contribution in [2.75, 3.05) is 13.2 Å². The molecule has 0 saturated carbocycles. The minimum absolute atomic E-state index is 0.234. The molecule has 0 aliphatic carbocycles. The molecule has 2 rings (SSSR count). The van der Waals surface area contributed by atoms with Gasteiger partial charge in [0.15, 0.2) is 0 Å². The van der Waals surface area contributed by atoms with Gasteiger partial charge in [0.2, 0.25) is 0 Å². The lowest BCUT2D eigenvalue weighted by Crippen LogP contribution is -2.26. The predicted octanol–water partition coefficient (Wildman–Crippen LogP) is 1.85. The van der Waals surface area contributed by atoms with Gasteiger partial charge in [0.05, 0.1) is 9.52 Å². The Morgan fingerprint density at radius 2 is 1.11 bits per heavy atom. The molecule has 2 heteroatoms. The van der Waals surface area contributed by atoms with Gasteiger partial charge in [0.25, 0.3) is 0 Å². The molecule has 2 aromatic rings. The largest absolute Gasteiger partial charge is 0.382 e. The van der Waals surface area contributed by atoms with Gasteiger partial charge < -0.3 is 4.74 Å². The van der Waals surface area contributed by atoms with E-state index in [9.17, 15) is 0 Å². The van der Waals surface area contributed by atoms with Gasteiger partial charge in [-0.3, -0.25) is 0 Å². The van der Waals surface area contributed by atoms with Crippen LogP contribution in [0.15, 0.2) is 60.7 Å². The van der Waals surface area contributed by atoms with Crippen LogP contribution in [0.1, 0.15) is 13.8 Å². The zero-order valence-electron chi connectivity index (χ0n) is 11.3. The molecular formula is C16H22OSi. The van der Waals surface area contributed by atoms with Crippen LogP contribution in [0.25, 0.3) is 0 Å². The van der Waals surface area contributed by atoms with Gasteiger partial charge in [0.1, 0.15) is 0 Å². The fourth-order valence-electron chi connectivity index (χ4n) is 1.63. The first-order valence-electron chi connectivity index (χ1n) is 6.52. The molecule has 96 valence electrons. The monoisotopic (exact) mass is 258 g/mol. The van der Waals surface area contributed by atoms with E-state index in [1.807, 2.05) is 13.8 Å². The second kappa shape index (κ2) is 9.63. The summed E-state index contributed by atoms with van der Waals surface area (Å²) in [5.74, 6) is 0. The highest BCUT2D eigenvalue weighted by atomic mass is 28.2. The maximum Gasteiger partial charge on any atom is 0.0875 e. The summed E-state index contributed by atoms with van der Waals surface area (Å²) in [6.45, 7) is 5.67. The first kappa shape index (κ1) is 14.7. The molecule has 2 aromatic carbocycles. The smallest absolute Gasteiger partial charge is 0.0875 e. The van der Waals surface area contributed by atoms with Gasteiger partial charge in [-0.15, -0.1) is 0 Å². The van der Waals surface area contributed by atoms with E-state index in [-0.39, 0.29) is 9.52 Å². The summed E-state index contributed by atoms with van der Waals surface area (Å²) in [4.78, 5) is 0. The Labute approximate surface area is 113 Å². The van der Waals surface area contributed by atoms with Crippen molar-refractivity contribution in [3.8, 4) is 0 Å². The summed E-state index contributed by atoms with van der Waals surface area (Å²) in [5, 5.41) is 3.02. The molecule has 0 aromatic heterocycles. The van der Waals surface area contributed by atoms with Crippen LogP contribution < -0.4 is 10.4 Å². The van der Waals surface area contributed by atoms with Crippen molar-refractivity contribution < 1.29 is 4.74 Å². The highest BCUT2D eigenvalue weighted by Gasteiger charge is 1.93. The summed E-state index contributed by atoms with van der Waals surface area (Å²) in [6.07, 6.45) is 0. The molecule has 0 aliphatic heterocycles. The lowest BCUT2D eigenvalue weighted by atomic mass is 10.4. The van der Waals surface area contributed by atoms with Crippen LogP contribution in [0.4, 0.5) is 0 Å². The molecule has 0 spiro atoms. The zero-order chi connectivity index (χ0) is 13.1. The number of rotatable bonds is 4. The fraction of sp³-hybridized carbons (Fsp3) is 0.250. The molecular weight excluding hydrogens is 236 g/mol. The van der Waals surface area contributed by atoms with Crippen LogP contribution in [0.3, 0.4) is 0 Å². The van der Waals surface area contributed by atoms with Crippen molar-refractivity contribution in [2.45, 2.75) is 13.8 Å². The van der Waals surface area contributed by atoms with Crippen LogP contribution >= 0.6 is 0 Å². The van der Waals surface area contributed by atoms with E-state index in [4.69, 9.17) is 4.74 Å². The summed E-state index contributed by atoms with van der Waals surface area (Å²) in [7, 11) is -0.234. The number of hydrogen-bond acceptors (Lipinski definition) is 1. The molecule has 0 fully saturated rings. The van der Waals surface area contributed by atoms with Gasteiger partial charge in [-0.2, -0.15) is 0 Å². The molecule has 1 nitrogen and oxygen atoms in total. The molecule has 0 aliphatic rings. The van der Waals surface area contributed by atoms with Gasteiger partial charge >= 0.3 is 0 Å². The lowest BCUT2D eigenvalue weighted by molar-refractivity contribution is 0.162. The first-order valence-corrected chi connectivity index (χ1v) is 7.93. The topological polar surface area (TPSA) is 9.23 Å². The Balaban J connectivity index is 0.000000280. The maximum absolute atomic E-state index is 4.83. The van der Waals surface area contributed by atoms with Crippen molar-refractivity contribution in [2.24, 2.45) is 0 Å². The highest BCUT2D eigenvalue weighted by molar-refractivity contribution is 6.67. The van der Waals surface area contributed by atoms with Crippen molar-refractivity contribution in [3.63, 3.8) is 0 Å². The molecule has 0 atom stereocenters. The quantitative estimate of drug-likeness (QED) is 0.761. The normalized spacial score (nSPS) is 9.44. The van der Waals surface area contributed by atoms with E-state index in [0.717, 1.165) is 13.2 Å². The van der Waals surface area contributed by atoms with Crippen LogP contribution in [0, 0.1) is 0 Å². The minimum Gasteiger partial charge on any atom is -0.382 e. The number of hydrogen-bond donors (Lipinski definition) is 0. The third-order valence-corrected chi connectivity index (χ3v) is 4.26. The van der Waals surface area contributed by atoms with E-state index in [1.165, 1.54) is 10.4 Å². The van der Waals surface area contributed by atoms with E-state index in [1.54, 1.807) is 0 Å². The Morgan fingerprint density at radius 1 is 0.722 bits per heavy atom. The number of benzene rings is 2. The van der Waals surface area contributed by atoms with Crippen LogP contribution in [0.2, 0.25) is 0 Å². The first-order chi connectivity index (χ1) is 8.86. The van der Waals surface area contributed by atoms with Crippen molar-refractivity contribution in [1.82, 2.24) is 0 Å². The molecule has 0 N–H and O–H groups in total. The summed E-state index contributed by atoms with van der Waals surface area (Å²) in [5.41, 5.74) is 0. The van der Waals surface area contributed by atoms with Crippen LogP contribution in [-0.2, 0) is 4.74 Å². The Morgan fingerprint density at radius 3 is 1.39 bits per heavy atom. The second-order valence-corrected chi connectivity index (χ2v) is 5.92. The SMILES string of the molecule is CCOCC.c1ccc([SiH2]c2ccccc2)cc1.